The van der Waals surface area contributed by atoms with E-state index in [0.717, 1.165) is 23.6 Å². The number of anilines is 5. The molecule has 0 aliphatic heterocycles. The van der Waals surface area contributed by atoms with E-state index in [9.17, 15) is 0 Å². The van der Waals surface area contributed by atoms with Gasteiger partial charge in [0, 0.05) is 46.3 Å². The summed E-state index contributed by atoms with van der Waals surface area (Å²) in [6, 6.07) is 50.0. The average Bonchev–Trinajstić information content (AvgIpc) is 3.20. The minimum absolute atomic E-state index is 0.0206. The molecular weight excluding hydrogens is 727 g/mol. The van der Waals surface area contributed by atoms with Crippen molar-refractivity contribution in [2.24, 2.45) is 11.3 Å². The molecule has 3 N–H and O–H groups in total. The van der Waals surface area contributed by atoms with Crippen LogP contribution in [0.3, 0.4) is 0 Å². The summed E-state index contributed by atoms with van der Waals surface area (Å²) in [7, 11) is 0. The Labute approximate surface area is 360 Å². The molecule has 7 aromatic carbocycles. The van der Waals surface area contributed by atoms with Crippen LogP contribution in [0.25, 0.3) is 10.8 Å². The number of rotatable bonds is 13. The van der Waals surface area contributed by atoms with E-state index in [0.29, 0.717) is 17.3 Å². The number of benzene rings is 7. The molecule has 3 nitrogen and oxygen atoms in total. The third-order valence-electron chi connectivity index (χ3n) is 12.2. The molecule has 3 heteroatoms. The fraction of sp³-hybridized carbons (Fsp3) is 0.298. The maximum Gasteiger partial charge on any atom is 0.0443 e. The van der Waals surface area contributed by atoms with Crippen molar-refractivity contribution in [3.05, 3.63) is 195 Å². The molecule has 0 aliphatic carbocycles. The molecule has 60 heavy (non-hydrogen) atoms. The van der Waals surface area contributed by atoms with Crippen molar-refractivity contribution < 1.29 is 0 Å². The zero-order valence-corrected chi connectivity index (χ0v) is 37.8. The standard InChI is InChI=1S/C57H65N3/c1-36(2)52(34-57(9,10)11)44-18-16-43(17-19-44)35-58-53-29-28-51(49-14-12-13-15-50(49)53)54(45-20-24-47(25-21-45)59-55-39(5)30-37(3)31-40(55)6)46-22-26-48(27-23-46)60-56-41(7)32-38(4)33-42(56)8/h12-33,36,52,54,58-60H,34-35H2,1-11H3. The minimum atomic E-state index is 0.0206. The van der Waals surface area contributed by atoms with Crippen molar-refractivity contribution in [2.45, 2.75) is 101 Å². The zero-order valence-electron chi connectivity index (χ0n) is 37.8. The van der Waals surface area contributed by atoms with Gasteiger partial charge in [0.1, 0.15) is 0 Å². The van der Waals surface area contributed by atoms with Gasteiger partial charge in [0.15, 0.2) is 0 Å². The van der Waals surface area contributed by atoms with Gasteiger partial charge in [-0.3, -0.25) is 0 Å². The van der Waals surface area contributed by atoms with E-state index in [4.69, 9.17) is 0 Å². The van der Waals surface area contributed by atoms with Crippen molar-refractivity contribution >= 4 is 39.2 Å². The Morgan fingerprint density at radius 2 is 0.950 bits per heavy atom. The summed E-state index contributed by atoms with van der Waals surface area (Å²) >= 11 is 0. The van der Waals surface area contributed by atoms with Crippen LogP contribution in [0.5, 0.6) is 0 Å². The maximum atomic E-state index is 3.83. The van der Waals surface area contributed by atoms with Gasteiger partial charge in [-0.2, -0.15) is 0 Å². The number of hydrogen-bond donors (Lipinski definition) is 3. The van der Waals surface area contributed by atoms with Gasteiger partial charge in [-0.15, -0.1) is 0 Å². The predicted octanol–water partition coefficient (Wildman–Crippen LogP) is 16.1. The summed E-state index contributed by atoms with van der Waals surface area (Å²) in [6.45, 7) is 25.6. The van der Waals surface area contributed by atoms with Crippen LogP contribution in [-0.2, 0) is 6.54 Å². The number of nitrogens with one attached hydrogen (secondary N) is 3. The summed E-state index contributed by atoms with van der Waals surface area (Å²) in [4.78, 5) is 0. The van der Waals surface area contributed by atoms with Gasteiger partial charge >= 0.3 is 0 Å². The molecule has 1 atom stereocenters. The molecule has 0 aliphatic rings. The Morgan fingerprint density at radius 1 is 0.500 bits per heavy atom. The van der Waals surface area contributed by atoms with E-state index in [1.54, 1.807) is 0 Å². The summed E-state index contributed by atoms with van der Waals surface area (Å²) in [6.07, 6.45) is 1.18. The average molecular weight is 792 g/mol. The van der Waals surface area contributed by atoms with Crippen LogP contribution in [0.4, 0.5) is 28.4 Å². The normalized spacial score (nSPS) is 12.3. The Morgan fingerprint density at radius 3 is 1.40 bits per heavy atom. The highest BCUT2D eigenvalue weighted by molar-refractivity contribution is 5.97. The van der Waals surface area contributed by atoms with Crippen LogP contribution < -0.4 is 16.0 Å². The lowest BCUT2D eigenvalue weighted by atomic mass is 9.76. The molecule has 1 unspecified atom stereocenters. The van der Waals surface area contributed by atoms with Crippen LogP contribution >= 0.6 is 0 Å². The largest absolute Gasteiger partial charge is 0.380 e. The predicted molar refractivity (Wildman–Crippen MR) is 261 cm³/mol. The second-order valence-electron chi connectivity index (χ2n) is 18.9. The molecular formula is C57H65N3. The van der Waals surface area contributed by atoms with Crippen LogP contribution in [0.15, 0.2) is 133 Å². The molecule has 0 spiro atoms. The van der Waals surface area contributed by atoms with E-state index in [2.05, 4.69) is 226 Å². The summed E-state index contributed by atoms with van der Waals surface area (Å²) < 4.78 is 0. The quantitative estimate of drug-likeness (QED) is 0.102. The third kappa shape index (κ3) is 9.79. The van der Waals surface area contributed by atoms with Gasteiger partial charge in [0.2, 0.25) is 0 Å². The highest BCUT2D eigenvalue weighted by Crippen LogP contribution is 2.41. The van der Waals surface area contributed by atoms with Crippen molar-refractivity contribution in [2.75, 3.05) is 16.0 Å². The second kappa shape index (κ2) is 17.8. The fourth-order valence-corrected chi connectivity index (χ4v) is 9.32. The number of fused-ring (bicyclic) bond motifs is 1. The molecule has 0 aromatic heterocycles. The molecule has 0 heterocycles. The SMILES string of the molecule is Cc1cc(C)c(Nc2ccc(C(c3ccc(Nc4c(C)cc(C)cc4C)cc3)c3ccc(NCc4ccc(C(CC(C)(C)C)C(C)C)cc4)c4ccccc34)cc2)c(C)c1. The first-order chi connectivity index (χ1) is 28.6. The Balaban J connectivity index is 1.21. The lowest BCUT2D eigenvalue weighted by Gasteiger charge is -2.29. The molecule has 0 radical (unpaired) electrons. The topological polar surface area (TPSA) is 36.1 Å². The molecule has 0 saturated heterocycles. The van der Waals surface area contributed by atoms with Crippen LogP contribution in [0.1, 0.15) is 114 Å². The lowest BCUT2D eigenvalue weighted by Crippen LogP contribution is -2.16. The minimum Gasteiger partial charge on any atom is -0.380 e. The van der Waals surface area contributed by atoms with Crippen LogP contribution in [0.2, 0.25) is 0 Å². The molecule has 7 rings (SSSR count). The molecule has 7 aromatic rings. The fourth-order valence-electron chi connectivity index (χ4n) is 9.32. The van der Waals surface area contributed by atoms with E-state index in [-0.39, 0.29) is 5.92 Å². The van der Waals surface area contributed by atoms with Gasteiger partial charge in [0.25, 0.3) is 0 Å². The third-order valence-corrected chi connectivity index (χ3v) is 12.2. The molecule has 0 bridgehead atoms. The summed E-state index contributed by atoms with van der Waals surface area (Å²) in [5, 5.41) is 13.8. The molecule has 0 amide bonds. The molecule has 0 fully saturated rings. The monoisotopic (exact) mass is 792 g/mol. The van der Waals surface area contributed by atoms with Crippen molar-refractivity contribution in [1.82, 2.24) is 0 Å². The molecule has 308 valence electrons. The number of hydrogen-bond acceptors (Lipinski definition) is 3. The summed E-state index contributed by atoms with van der Waals surface area (Å²) in [5.74, 6) is 1.18. The van der Waals surface area contributed by atoms with Gasteiger partial charge in [0.05, 0.1) is 0 Å². The van der Waals surface area contributed by atoms with E-state index < -0.39 is 0 Å². The van der Waals surface area contributed by atoms with Crippen LogP contribution in [0, 0.1) is 52.9 Å². The maximum absolute atomic E-state index is 3.83. The Hall–Kier alpha value is -5.80. The van der Waals surface area contributed by atoms with E-state index in [1.165, 1.54) is 89.8 Å². The Kier molecular flexibility index (Phi) is 12.6. The Bertz CT molecular complexity index is 2420. The van der Waals surface area contributed by atoms with Gasteiger partial charge in [-0.1, -0.05) is 149 Å². The first kappa shape index (κ1) is 42.3. The molecule has 0 saturated carbocycles. The second-order valence-corrected chi connectivity index (χ2v) is 18.9. The van der Waals surface area contributed by atoms with Crippen molar-refractivity contribution in [3.8, 4) is 0 Å². The highest BCUT2D eigenvalue weighted by Gasteiger charge is 2.24. The van der Waals surface area contributed by atoms with Crippen LogP contribution in [-0.4, -0.2) is 0 Å². The van der Waals surface area contributed by atoms with Crippen molar-refractivity contribution in [1.29, 1.82) is 0 Å². The zero-order chi connectivity index (χ0) is 42.7. The number of aryl methyl sites for hydroxylation is 6. The van der Waals surface area contributed by atoms with Crippen molar-refractivity contribution in [3.63, 3.8) is 0 Å². The van der Waals surface area contributed by atoms with E-state index >= 15 is 0 Å². The van der Waals surface area contributed by atoms with Gasteiger partial charge < -0.3 is 16.0 Å². The summed E-state index contributed by atoms with van der Waals surface area (Å²) in [5.41, 5.74) is 20.1. The first-order valence-electron chi connectivity index (χ1n) is 21.9. The van der Waals surface area contributed by atoms with Gasteiger partial charge in [-0.25, -0.2) is 0 Å². The lowest BCUT2D eigenvalue weighted by molar-refractivity contribution is 0.301. The smallest absolute Gasteiger partial charge is 0.0443 e. The van der Waals surface area contributed by atoms with E-state index in [1.807, 2.05) is 0 Å². The highest BCUT2D eigenvalue weighted by atomic mass is 14.9. The van der Waals surface area contributed by atoms with Gasteiger partial charge in [-0.05, 0) is 151 Å². The first-order valence-corrected chi connectivity index (χ1v) is 21.9.